The molecule has 0 saturated carbocycles. The molecule has 1 rings (SSSR count). The summed E-state index contributed by atoms with van der Waals surface area (Å²) in [7, 11) is 0. The summed E-state index contributed by atoms with van der Waals surface area (Å²) in [6, 6.07) is 0. The van der Waals surface area contributed by atoms with E-state index < -0.39 is 0 Å². The standard InChI is InChI=1S/C9H16O3/c1-3-4-8-5-6-9(12-8)11-7(2)10/h8-9H,3-6H2,1-2H3/t8-,9?/m1/s1. The van der Waals surface area contributed by atoms with E-state index >= 15 is 0 Å². The van der Waals surface area contributed by atoms with Crippen LogP contribution in [0, 0.1) is 0 Å². The summed E-state index contributed by atoms with van der Waals surface area (Å²) in [5.74, 6) is -0.253. The molecule has 0 N–H and O–H groups in total. The Kier molecular flexibility index (Phi) is 3.53. The maximum atomic E-state index is 10.6. The van der Waals surface area contributed by atoms with Gasteiger partial charge in [0.15, 0.2) is 0 Å². The summed E-state index contributed by atoms with van der Waals surface area (Å²) in [6.45, 7) is 3.54. The van der Waals surface area contributed by atoms with Crippen molar-refractivity contribution in [3.63, 3.8) is 0 Å². The van der Waals surface area contributed by atoms with Crippen molar-refractivity contribution in [3.8, 4) is 0 Å². The highest BCUT2D eigenvalue weighted by molar-refractivity contribution is 5.66. The van der Waals surface area contributed by atoms with Crippen molar-refractivity contribution in [2.75, 3.05) is 0 Å². The lowest BCUT2D eigenvalue weighted by molar-refractivity contribution is -0.172. The molecule has 0 radical (unpaired) electrons. The van der Waals surface area contributed by atoms with E-state index in [0.29, 0.717) is 6.10 Å². The average molecular weight is 172 g/mol. The molecule has 70 valence electrons. The summed E-state index contributed by atoms with van der Waals surface area (Å²) >= 11 is 0. The molecule has 1 fully saturated rings. The maximum absolute atomic E-state index is 10.6. The average Bonchev–Trinajstić information content (AvgIpc) is 2.36. The number of carbonyl (C=O) groups is 1. The van der Waals surface area contributed by atoms with Gasteiger partial charge in [0, 0.05) is 13.3 Å². The molecule has 0 amide bonds. The van der Waals surface area contributed by atoms with Gasteiger partial charge in [0.2, 0.25) is 6.29 Å². The molecule has 0 aromatic heterocycles. The Morgan fingerprint density at radius 2 is 2.33 bits per heavy atom. The molecule has 3 heteroatoms. The Bertz CT molecular complexity index is 156. The van der Waals surface area contributed by atoms with Gasteiger partial charge in [-0.25, -0.2) is 0 Å². The zero-order valence-electron chi connectivity index (χ0n) is 7.71. The third-order valence-electron chi connectivity index (χ3n) is 1.98. The minimum absolute atomic E-state index is 0.253. The molecule has 1 unspecified atom stereocenters. The molecule has 1 saturated heterocycles. The fourth-order valence-electron chi connectivity index (χ4n) is 1.48. The molecule has 1 heterocycles. The summed E-state index contributed by atoms with van der Waals surface area (Å²) in [5, 5.41) is 0. The molecule has 0 aliphatic carbocycles. The highest BCUT2D eigenvalue weighted by Gasteiger charge is 2.26. The van der Waals surface area contributed by atoms with Crippen LogP contribution in [0.5, 0.6) is 0 Å². The lowest BCUT2D eigenvalue weighted by Gasteiger charge is -2.12. The van der Waals surface area contributed by atoms with Crippen LogP contribution < -0.4 is 0 Å². The molecule has 0 spiro atoms. The van der Waals surface area contributed by atoms with Crippen LogP contribution in [0.4, 0.5) is 0 Å². The zero-order valence-corrected chi connectivity index (χ0v) is 7.71. The number of hydrogen-bond donors (Lipinski definition) is 0. The molecule has 12 heavy (non-hydrogen) atoms. The first kappa shape index (κ1) is 9.52. The number of esters is 1. The smallest absolute Gasteiger partial charge is 0.304 e. The Morgan fingerprint density at radius 1 is 1.58 bits per heavy atom. The first-order valence-electron chi connectivity index (χ1n) is 4.55. The predicted octanol–water partition coefficient (Wildman–Crippen LogP) is 1.85. The van der Waals surface area contributed by atoms with E-state index in [2.05, 4.69) is 6.92 Å². The second-order valence-electron chi connectivity index (χ2n) is 3.16. The Balaban J connectivity index is 2.21. The quantitative estimate of drug-likeness (QED) is 0.609. The number of carbonyl (C=O) groups excluding carboxylic acids is 1. The third-order valence-corrected chi connectivity index (χ3v) is 1.98. The molecule has 3 nitrogen and oxygen atoms in total. The lowest BCUT2D eigenvalue weighted by Crippen LogP contribution is -2.16. The zero-order chi connectivity index (χ0) is 8.97. The number of rotatable bonds is 3. The van der Waals surface area contributed by atoms with E-state index in [1.165, 1.54) is 6.92 Å². The van der Waals surface area contributed by atoms with Gasteiger partial charge in [0.05, 0.1) is 6.10 Å². The fraction of sp³-hybridized carbons (Fsp3) is 0.889. The van der Waals surface area contributed by atoms with Gasteiger partial charge in [0.1, 0.15) is 0 Å². The van der Waals surface area contributed by atoms with E-state index in [4.69, 9.17) is 9.47 Å². The second-order valence-corrected chi connectivity index (χ2v) is 3.16. The topological polar surface area (TPSA) is 35.5 Å². The van der Waals surface area contributed by atoms with Crippen molar-refractivity contribution in [1.82, 2.24) is 0 Å². The largest absolute Gasteiger partial charge is 0.436 e. The van der Waals surface area contributed by atoms with Crippen LogP contribution in [0.2, 0.25) is 0 Å². The van der Waals surface area contributed by atoms with Crippen LogP contribution in [0.3, 0.4) is 0 Å². The van der Waals surface area contributed by atoms with Gasteiger partial charge in [-0.2, -0.15) is 0 Å². The van der Waals surface area contributed by atoms with Crippen molar-refractivity contribution in [2.45, 2.75) is 51.9 Å². The Hall–Kier alpha value is -0.570. The Morgan fingerprint density at radius 3 is 2.92 bits per heavy atom. The van der Waals surface area contributed by atoms with Gasteiger partial charge in [-0.15, -0.1) is 0 Å². The first-order valence-corrected chi connectivity index (χ1v) is 4.55. The monoisotopic (exact) mass is 172 g/mol. The molecule has 0 aromatic rings. The van der Waals surface area contributed by atoms with Gasteiger partial charge >= 0.3 is 5.97 Å². The normalized spacial score (nSPS) is 28.8. The van der Waals surface area contributed by atoms with Crippen molar-refractivity contribution in [2.24, 2.45) is 0 Å². The van der Waals surface area contributed by atoms with Gasteiger partial charge in [-0.1, -0.05) is 13.3 Å². The third kappa shape index (κ3) is 2.81. The van der Waals surface area contributed by atoms with Crippen LogP contribution in [-0.2, 0) is 14.3 Å². The highest BCUT2D eigenvalue weighted by Crippen LogP contribution is 2.23. The molecule has 0 bridgehead atoms. The maximum Gasteiger partial charge on any atom is 0.304 e. The van der Waals surface area contributed by atoms with Crippen molar-refractivity contribution in [3.05, 3.63) is 0 Å². The van der Waals surface area contributed by atoms with E-state index in [1.54, 1.807) is 0 Å². The lowest BCUT2D eigenvalue weighted by atomic mass is 10.1. The van der Waals surface area contributed by atoms with Crippen LogP contribution in [-0.4, -0.2) is 18.4 Å². The molecular weight excluding hydrogens is 156 g/mol. The SMILES string of the molecule is CCC[C@@H]1CCC(OC(C)=O)O1. The second kappa shape index (κ2) is 4.45. The fourth-order valence-corrected chi connectivity index (χ4v) is 1.48. The van der Waals surface area contributed by atoms with Gasteiger partial charge in [0.25, 0.3) is 0 Å². The number of ether oxygens (including phenoxy) is 2. The summed E-state index contributed by atoms with van der Waals surface area (Å²) in [5.41, 5.74) is 0. The number of hydrogen-bond acceptors (Lipinski definition) is 3. The van der Waals surface area contributed by atoms with E-state index in [9.17, 15) is 4.79 Å². The van der Waals surface area contributed by atoms with Gasteiger partial charge < -0.3 is 9.47 Å². The van der Waals surface area contributed by atoms with E-state index in [-0.39, 0.29) is 12.3 Å². The molecule has 0 aromatic carbocycles. The van der Waals surface area contributed by atoms with Crippen LogP contribution in [0.25, 0.3) is 0 Å². The van der Waals surface area contributed by atoms with Crippen molar-refractivity contribution < 1.29 is 14.3 Å². The predicted molar refractivity (Wildman–Crippen MR) is 44.6 cm³/mol. The summed E-state index contributed by atoms with van der Waals surface area (Å²) in [4.78, 5) is 10.6. The Labute approximate surface area is 73.0 Å². The van der Waals surface area contributed by atoms with E-state index in [1.807, 2.05) is 0 Å². The van der Waals surface area contributed by atoms with Crippen molar-refractivity contribution in [1.29, 1.82) is 0 Å². The first-order chi connectivity index (χ1) is 5.72. The minimum atomic E-state index is -0.279. The van der Waals surface area contributed by atoms with Crippen LogP contribution in [0.1, 0.15) is 39.5 Å². The molecule has 1 aliphatic heterocycles. The van der Waals surface area contributed by atoms with Gasteiger partial charge in [-0.05, 0) is 12.8 Å². The molecular formula is C9H16O3. The molecule has 1 aliphatic rings. The van der Waals surface area contributed by atoms with Crippen molar-refractivity contribution >= 4 is 5.97 Å². The summed E-state index contributed by atoms with van der Waals surface area (Å²) in [6.07, 6.45) is 4.09. The summed E-state index contributed by atoms with van der Waals surface area (Å²) < 4.78 is 10.4. The van der Waals surface area contributed by atoms with Crippen LogP contribution in [0.15, 0.2) is 0 Å². The highest BCUT2D eigenvalue weighted by atomic mass is 16.7. The van der Waals surface area contributed by atoms with E-state index in [0.717, 1.165) is 25.7 Å². The van der Waals surface area contributed by atoms with Crippen LogP contribution >= 0.6 is 0 Å². The van der Waals surface area contributed by atoms with Gasteiger partial charge in [-0.3, -0.25) is 4.79 Å². The molecule has 2 atom stereocenters. The minimum Gasteiger partial charge on any atom is -0.436 e.